The lowest BCUT2D eigenvalue weighted by atomic mass is 10.2. The first-order valence-electron chi connectivity index (χ1n) is 8.47. The number of nitrogens with one attached hydrogen (secondary N) is 2. The van der Waals surface area contributed by atoms with Gasteiger partial charge < -0.3 is 9.47 Å². The molecule has 0 atom stereocenters. The molecule has 6 heteroatoms. The van der Waals surface area contributed by atoms with Crippen LogP contribution in [-0.2, 0) is 4.79 Å². The third kappa shape index (κ3) is 6.70. The third-order valence-electron chi connectivity index (χ3n) is 3.40. The number of hydrogen-bond acceptors (Lipinski definition) is 4. The van der Waals surface area contributed by atoms with Gasteiger partial charge in [-0.15, -0.1) is 0 Å². The summed E-state index contributed by atoms with van der Waals surface area (Å²) in [6.45, 7) is 6.47. The zero-order chi connectivity index (χ0) is 19.5. The van der Waals surface area contributed by atoms with Crippen LogP contribution in [0.5, 0.6) is 11.5 Å². The molecule has 2 aromatic rings. The SMILES string of the molecule is C=CCOc1ccc(C(=O)NNC(=O)/C=C/c2ccc(OCC)cc2)cc1. The Kier molecular flexibility index (Phi) is 7.66. The molecule has 2 rings (SSSR count). The Morgan fingerprint density at radius 3 is 2.22 bits per heavy atom. The highest BCUT2D eigenvalue weighted by Gasteiger charge is 2.06. The quantitative estimate of drug-likeness (QED) is 0.428. The predicted octanol–water partition coefficient (Wildman–Crippen LogP) is 3.12. The van der Waals surface area contributed by atoms with E-state index < -0.39 is 11.8 Å². The van der Waals surface area contributed by atoms with Crippen LogP contribution in [0.15, 0.2) is 67.3 Å². The fraction of sp³-hybridized carbons (Fsp3) is 0.143. The number of carbonyl (C=O) groups excluding carboxylic acids is 2. The van der Waals surface area contributed by atoms with Crippen LogP contribution in [0, 0.1) is 0 Å². The number of hydrogen-bond donors (Lipinski definition) is 2. The lowest BCUT2D eigenvalue weighted by Gasteiger charge is -2.07. The van der Waals surface area contributed by atoms with E-state index in [1.54, 1.807) is 36.4 Å². The minimum Gasteiger partial charge on any atom is -0.494 e. The first-order chi connectivity index (χ1) is 13.1. The summed E-state index contributed by atoms with van der Waals surface area (Å²) in [5.41, 5.74) is 5.94. The fourth-order valence-electron chi connectivity index (χ4n) is 2.10. The molecule has 2 amide bonds. The van der Waals surface area contributed by atoms with Crippen molar-refractivity contribution in [3.8, 4) is 11.5 Å². The summed E-state index contributed by atoms with van der Waals surface area (Å²) in [6, 6.07) is 13.9. The van der Waals surface area contributed by atoms with Crippen molar-refractivity contribution < 1.29 is 19.1 Å². The molecule has 0 aliphatic carbocycles. The Balaban J connectivity index is 1.81. The number of ether oxygens (including phenoxy) is 2. The summed E-state index contributed by atoms with van der Waals surface area (Å²) in [5.74, 6) is 0.539. The summed E-state index contributed by atoms with van der Waals surface area (Å²) in [5, 5.41) is 0. The number of amides is 2. The summed E-state index contributed by atoms with van der Waals surface area (Å²) < 4.78 is 10.7. The van der Waals surface area contributed by atoms with Crippen LogP contribution in [0.2, 0.25) is 0 Å². The van der Waals surface area contributed by atoms with Gasteiger partial charge in [0.15, 0.2) is 0 Å². The minimum atomic E-state index is -0.442. The van der Waals surface area contributed by atoms with Crippen LogP contribution >= 0.6 is 0 Å². The maximum Gasteiger partial charge on any atom is 0.269 e. The van der Waals surface area contributed by atoms with E-state index in [1.807, 2.05) is 31.2 Å². The molecule has 2 N–H and O–H groups in total. The molecule has 0 spiro atoms. The van der Waals surface area contributed by atoms with Gasteiger partial charge in [0.25, 0.3) is 11.8 Å². The average molecular weight is 366 g/mol. The van der Waals surface area contributed by atoms with Gasteiger partial charge in [0.05, 0.1) is 6.61 Å². The maximum atomic E-state index is 12.0. The largest absolute Gasteiger partial charge is 0.494 e. The van der Waals surface area contributed by atoms with E-state index in [0.29, 0.717) is 24.5 Å². The van der Waals surface area contributed by atoms with Crippen molar-refractivity contribution in [1.29, 1.82) is 0 Å². The van der Waals surface area contributed by atoms with E-state index in [-0.39, 0.29) is 0 Å². The number of rotatable bonds is 8. The maximum absolute atomic E-state index is 12.0. The smallest absolute Gasteiger partial charge is 0.269 e. The lowest BCUT2D eigenvalue weighted by Crippen LogP contribution is -2.40. The predicted molar refractivity (Wildman–Crippen MR) is 104 cm³/mol. The van der Waals surface area contributed by atoms with E-state index in [4.69, 9.17) is 9.47 Å². The molecular weight excluding hydrogens is 344 g/mol. The molecule has 0 fully saturated rings. The Morgan fingerprint density at radius 2 is 1.59 bits per heavy atom. The Morgan fingerprint density at radius 1 is 0.963 bits per heavy atom. The van der Waals surface area contributed by atoms with Crippen molar-refractivity contribution in [2.75, 3.05) is 13.2 Å². The first kappa shape index (κ1) is 19.8. The molecule has 0 saturated carbocycles. The van der Waals surface area contributed by atoms with E-state index in [2.05, 4.69) is 17.4 Å². The van der Waals surface area contributed by atoms with Crippen molar-refractivity contribution in [1.82, 2.24) is 10.9 Å². The summed E-state index contributed by atoms with van der Waals surface area (Å²) >= 11 is 0. The van der Waals surface area contributed by atoms with Crippen molar-refractivity contribution >= 4 is 17.9 Å². The van der Waals surface area contributed by atoms with Crippen molar-refractivity contribution in [2.24, 2.45) is 0 Å². The lowest BCUT2D eigenvalue weighted by molar-refractivity contribution is -0.117. The van der Waals surface area contributed by atoms with Gasteiger partial charge in [0.1, 0.15) is 18.1 Å². The summed E-state index contributed by atoms with van der Waals surface area (Å²) in [6.07, 6.45) is 4.61. The van der Waals surface area contributed by atoms with Gasteiger partial charge in [-0.3, -0.25) is 20.4 Å². The van der Waals surface area contributed by atoms with Crippen LogP contribution in [0.3, 0.4) is 0 Å². The van der Waals surface area contributed by atoms with Gasteiger partial charge >= 0.3 is 0 Å². The molecule has 6 nitrogen and oxygen atoms in total. The van der Waals surface area contributed by atoms with Crippen LogP contribution in [0.4, 0.5) is 0 Å². The number of carbonyl (C=O) groups is 2. The van der Waals surface area contributed by atoms with Crippen LogP contribution < -0.4 is 20.3 Å². The second-order valence-corrected chi connectivity index (χ2v) is 5.40. The van der Waals surface area contributed by atoms with E-state index in [9.17, 15) is 9.59 Å². The average Bonchev–Trinajstić information content (AvgIpc) is 2.70. The zero-order valence-corrected chi connectivity index (χ0v) is 15.1. The van der Waals surface area contributed by atoms with Gasteiger partial charge in [0, 0.05) is 11.6 Å². The second-order valence-electron chi connectivity index (χ2n) is 5.40. The van der Waals surface area contributed by atoms with Gasteiger partial charge in [-0.25, -0.2) is 0 Å². The summed E-state index contributed by atoms with van der Waals surface area (Å²) in [4.78, 5) is 23.9. The first-order valence-corrected chi connectivity index (χ1v) is 8.47. The fourth-order valence-corrected chi connectivity index (χ4v) is 2.10. The Bertz CT molecular complexity index is 796. The van der Waals surface area contributed by atoms with Gasteiger partial charge in [0.2, 0.25) is 0 Å². The second kappa shape index (κ2) is 10.5. The monoisotopic (exact) mass is 366 g/mol. The molecule has 2 aromatic carbocycles. The van der Waals surface area contributed by atoms with Crippen molar-refractivity contribution in [3.63, 3.8) is 0 Å². The highest BCUT2D eigenvalue weighted by Crippen LogP contribution is 2.13. The molecule has 0 radical (unpaired) electrons. The molecule has 140 valence electrons. The van der Waals surface area contributed by atoms with Gasteiger partial charge in [-0.05, 0) is 55.0 Å². The molecule has 0 saturated heterocycles. The molecule has 0 aromatic heterocycles. The number of benzene rings is 2. The highest BCUT2D eigenvalue weighted by atomic mass is 16.5. The van der Waals surface area contributed by atoms with E-state index in [0.717, 1.165) is 11.3 Å². The van der Waals surface area contributed by atoms with E-state index >= 15 is 0 Å². The number of hydrazine groups is 1. The Labute approximate surface area is 158 Å². The van der Waals surface area contributed by atoms with Crippen LogP contribution in [0.1, 0.15) is 22.8 Å². The van der Waals surface area contributed by atoms with Gasteiger partial charge in [-0.2, -0.15) is 0 Å². The van der Waals surface area contributed by atoms with E-state index in [1.165, 1.54) is 6.08 Å². The molecule has 0 aliphatic rings. The Hall–Kier alpha value is -3.54. The molecule has 27 heavy (non-hydrogen) atoms. The van der Waals surface area contributed by atoms with Crippen molar-refractivity contribution in [2.45, 2.75) is 6.92 Å². The molecule has 0 heterocycles. The molecule has 0 aliphatic heterocycles. The normalized spacial score (nSPS) is 10.3. The zero-order valence-electron chi connectivity index (χ0n) is 15.1. The van der Waals surface area contributed by atoms with Gasteiger partial charge in [-0.1, -0.05) is 24.8 Å². The highest BCUT2D eigenvalue weighted by molar-refractivity contribution is 5.97. The minimum absolute atomic E-state index is 0.391. The van der Waals surface area contributed by atoms with Crippen LogP contribution in [0.25, 0.3) is 6.08 Å². The molecule has 0 bridgehead atoms. The summed E-state index contributed by atoms with van der Waals surface area (Å²) in [7, 11) is 0. The molecular formula is C21H22N2O4. The standard InChI is InChI=1S/C21H22N2O4/c1-3-15-27-19-12-8-17(9-13-19)21(25)23-22-20(24)14-7-16-5-10-18(11-6-16)26-4-2/h3,5-14H,1,4,15H2,2H3,(H,22,24)(H,23,25)/b14-7+. The third-order valence-corrected chi connectivity index (χ3v) is 3.40. The topological polar surface area (TPSA) is 76.7 Å². The molecule has 0 unspecified atom stereocenters. The van der Waals surface area contributed by atoms with Crippen molar-refractivity contribution in [3.05, 3.63) is 78.4 Å². The van der Waals surface area contributed by atoms with Crippen LogP contribution in [-0.4, -0.2) is 25.0 Å².